The molecule has 3 nitrogen and oxygen atoms in total. The van der Waals surface area contributed by atoms with E-state index in [0.29, 0.717) is 5.89 Å². The molecule has 0 bridgehead atoms. The topological polar surface area (TPSA) is 29.3 Å². The van der Waals surface area contributed by atoms with Crippen molar-refractivity contribution in [3.63, 3.8) is 0 Å². The first-order chi connectivity index (χ1) is 29.7. The maximum atomic E-state index is 6.36. The normalized spacial score (nSPS) is 11.3. The summed E-state index contributed by atoms with van der Waals surface area (Å²) in [6, 6.07) is 82.1. The Morgan fingerprint density at radius 2 is 0.933 bits per heavy atom. The van der Waals surface area contributed by atoms with E-state index in [-0.39, 0.29) is 0 Å². The largest absolute Gasteiger partial charge is 0.435 e. The Balaban J connectivity index is 1.00. The fraction of sp³-hybridized carbons (Fsp3) is 0. The Kier molecular flexibility index (Phi) is 8.83. The molecule has 0 saturated carbocycles. The van der Waals surface area contributed by atoms with Crippen molar-refractivity contribution in [2.24, 2.45) is 0 Å². The van der Waals surface area contributed by atoms with Gasteiger partial charge < -0.3 is 9.32 Å². The molecule has 11 rings (SSSR count). The first-order valence-electron chi connectivity index (χ1n) is 20.4. The maximum Gasteiger partial charge on any atom is 0.227 e. The van der Waals surface area contributed by atoms with E-state index in [4.69, 9.17) is 9.40 Å². The molecule has 0 aliphatic rings. The quantitative estimate of drug-likeness (QED) is 0.154. The molecule has 282 valence electrons. The van der Waals surface area contributed by atoms with Crippen LogP contribution < -0.4 is 4.90 Å². The summed E-state index contributed by atoms with van der Waals surface area (Å²) in [4.78, 5) is 7.19. The summed E-state index contributed by atoms with van der Waals surface area (Å²) >= 11 is 0. The van der Waals surface area contributed by atoms with Crippen molar-refractivity contribution in [3.8, 4) is 56.0 Å². The molecule has 0 N–H and O–H groups in total. The summed E-state index contributed by atoms with van der Waals surface area (Å²) in [6.45, 7) is 0. The molecular formula is C57H38N2O. The number of benzene rings is 10. The van der Waals surface area contributed by atoms with Gasteiger partial charge in [0.2, 0.25) is 5.89 Å². The molecule has 0 aliphatic carbocycles. The zero-order chi connectivity index (χ0) is 39.8. The van der Waals surface area contributed by atoms with Crippen LogP contribution in [-0.2, 0) is 0 Å². The Morgan fingerprint density at radius 3 is 1.72 bits per heavy atom. The fourth-order valence-corrected chi connectivity index (χ4v) is 8.58. The van der Waals surface area contributed by atoms with Gasteiger partial charge in [-0.1, -0.05) is 164 Å². The lowest BCUT2D eigenvalue weighted by Crippen LogP contribution is -2.11. The Hall–Kier alpha value is -8.01. The molecule has 0 spiro atoms. The first-order valence-corrected chi connectivity index (χ1v) is 20.4. The second-order valence-electron chi connectivity index (χ2n) is 15.1. The molecule has 0 atom stereocenters. The van der Waals surface area contributed by atoms with Crippen LogP contribution in [0.15, 0.2) is 235 Å². The van der Waals surface area contributed by atoms with Gasteiger partial charge >= 0.3 is 0 Å². The third-order valence-electron chi connectivity index (χ3n) is 11.5. The highest BCUT2D eigenvalue weighted by molar-refractivity contribution is 6.06. The molecule has 0 aliphatic heterocycles. The number of aromatic nitrogens is 1. The molecule has 60 heavy (non-hydrogen) atoms. The predicted molar refractivity (Wildman–Crippen MR) is 251 cm³/mol. The van der Waals surface area contributed by atoms with Crippen LogP contribution in [0, 0.1) is 0 Å². The molecule has 0 radical (unpaired) electrons. The van der Waals surface area contributed by atoms with Crippen molar-refractivity contribution in [2.75, 3.05) is 4.90 Å². The number of fused-ring (bicyclic) bond motifs is 4. The lowest BCUT2D eigenvalue weighted by molar-refractivity contribution is 0.623. The number of hydrogen-bond donors (Lipinski definition) is 0. The van der Waals surface area contributed by atoms with Gasteiger partial charge in [-0.25, -0.2) is 4.98 Å². The number of hydrogen-bond acceptors (Lipinski definition) is 3. The Bertz CT molecular complexity index is 3290. The summed E-state index contributed by atoms with van der Waals surface area (Å²) in [5, 5.41) is 4.60. The highest BCUT2D eigenvalue weighted by Crippen LogP contribution is 2.45. The smallest absolute Gasteiger partial charge is 0.227 e. The van der Waals surface area contributed by atoms with Gasteiger partial charge in [0.05, 0.1) is 5.69 Å². The molecule has 0 unspecified atom stereocenters. The van der Waals surface area contributed by atoms with Crippen LogP contribution in [0.25, 0.3) is 88.6 Å². The number of anilines is 3. The van der Waals surface area contributed by atoms with Crippen LogP contribution in [-0.4, -0.2) is 4.98 Å². The summed E-state index contributed by atoms with van der Waals surface area (Å²) in [7, 11) is 0. The lowest BCUT2D eigenvalue weighted by atomic mass is 9.92. The average molecular weight is 767 g/mol. The van der Waals surface area contributed by atoms with Crippen LogP contribution >= 0.6 is 0 Å². The van der Waals surface area contributed by atoms with Gasteiger partial charge in [-0.2, -0.15) is 0 Å². The maximum absolute atomic E-state index is 6.36. The van der Waals surface area contributed by atoms with Gasteiger partial charge in [0.25, 0.3) is 0 Å². The molecule has 0 fully saturated rings. The van der Waals surface area contributed by atoms with E-state index in [1.807, 2.05) is 30.3 Å². The summed E-state index contributed by atoms with van der Waals surface area (Å²) < 4.78 is 6.36. The zero-order valence-corrected chi connectivity index (χ0v) is 32.7. The van der Waals surface area contributed by atoms with Crippen molar-refractivity contribution in [1.29, 1.82) is 0 Å². The third kappa shape index (κ3) is 6.39. The summed E-state index contributed by atoms with van der Waals surface area (Å²) in [6.07, 6.45) is 0. The summed E-state index contributed by atoms with van der Waals surface area (Å²) in [5.74, 6) is 0.635. The second-order valence-corrected chi connectivity index (χ2v) is 15.1. The van der Waals surface area contributed by atoms with E-state index >= 15 is 0 Å². The SMILES string of the molecule is c1ccc(-c2ccc(N(c3ccccc3)c3ccc(-c4ccccc4-c4ccc5c(ccc6nc(-c7ccccc7)oc65)c4)cc3)c(-c3cccc4ccccc34)c2)cc1. The van der Waals surface area contributed by atoms with Crippen LogP contribution in [0.2, 0.25) is 0 Å². The third-order valence-corrected chi connectivity index (χ3v) is 11.5. The van der Waals surface area contributed by atoms with Gasteiger partial charge in [0.15, 0.2) is 5.58 Å². The number of rotatable bonds is 8. The van der Waals surface area contributed by atoms with Crippen LogP contribution in [0.1, 0.15) is 0 Å². The molecule has 3 heteroatoms. The monoisotopic (exact) mass is 766 g/mol. The highest BCUT2D eigenvalue weighted by Gasteiger charge is 2.20. The number of oxazole rings is 1. The van der Waals surface area contributed by atoms with Crippen LogP contribution in [0.5, 0.6) is 0 Å². The molecule has 1 aromatic heterocycles. The van der Waals surface area contributed by atoms with Crippen molar-refractivity contribution < 1.29 is 4.42 Å². The van der Waals surface area contributed by atoms with Crippen molar-refractivity contribution >= 4 is 49.7 Å². The van der Waals surface area contributed by atoms with Crippen LogP contribution in [0.3, 0.4) is 0 Å². The molecule has 11 aromatic rings. The van der Waals surface area contributed by atoms with Gasteiger partial charge in [-0.05, 0) is 122 Å². The summed E-state index contributed by atoms with van der Waals surface area (Å²) in [5.41, 5.74) is 15.3. The standard InChI is InChI=1S/C57H38N2O/c1-4-15-39(16-5-1)43-31-36-55(53(38-43)52-26-14-20-40-17-10-11-24-49(40)52)59(46-21-8-3-9-22-46)47-32-27-41(28-33-47)48-23-12-13-25-50(48)44-29-34-51-45(37-44)30-35-54-56(51)60-57(58-54)42-18-6-2-7-19-42/h1-38H. The molecule has 1 heterocycles. The van der Waals surface area contributed by atoms with E-state index in [0.717, 1.165) is 55.6 Å². The first kappa shape index (κ1) is 35.2. The van der Waals surface area contributed by atoms with Crippen molar-refractivity contribution in [2.45, 2.75) is 0 Å². The predicted octanol–water partition coefficient (Wildman–Crippen LogP) is 15.9. The van der Waals surface area contributed by atoms with Crippen molar-refractivity contribution in [3.05, 3.63) is 231 Å². The van der Waals surface area contributed by atoms with E-state index in [1.54, 1.807) is 0 Å². The Morgan fingerprint density at radius 1 is 0.333 bits per heavy atom. The number of para-hydroxylation sites is 1. The van der Waals surface area contributed by atoms with E-state index < -0.39 is 0 Å². The Labute approximate surface area is 349 Å². The average Bonchev–Trinajstić information content (AvgIpc) is 3.78. The minimum absolute atomic E-state index is 0.635. The van der Waals surface area contributed by atoms with E-state index in [1.165, 1.54) is 44.2 Å². The van der Waals surface area contributed by atoms with Gasteiger partial charge in [-0.15, -0.1) is 0 Å². The molecule has 0 amide bonds. The molecule has 0 saturated heterocycles. The zero-order valence-electron chi connectivity index (χ0n) is 32.7. The van der Waals surface area contributed by atoms with Crippen LogP contribution in [0.4, 0.5) is 17.1 Å². The van der Waals surface area contributed by atoms with Gasteiger partial charge in [0.1, 0.15) is 5.52 Å². The van der Waals surface area contributed by atoms with Crippen molar-refractivity contribution in [1.82, 2.24) is 4.98 Å². The minimum atomic E-state index is 0.635. The highest BCUT2D eigenvalue weighted by atomic mass is 16.3. The minimum Gasteiger partial charge on any atom is -0.435 e. The van der Waals surface area contributed by atoms with Gasteiger partial charge in [0, 0.05) is 27.9 Å². The number of nitrogens with zero attached hydrogens (tertiary/aromatic N) is 2. The molecular weight excluding hydrogens is 729 g/mol. The van der Waals surface area contributed by atoms with Gasteiger partial charge in [-0.3, -0.25) is 0 Å². The fourth-order valence-electron chi connectivity index (χ4n) is 8.58. The van der Waals surface area contributed by atoms with E-state index in [9.17, 15) is 0 Å². The van der Waals surface area contributed by atoms with E-state index in [2.05, 4.69) is 205 Å². The second kappa shape index (κ2) is 15.1. The molecule has 10 aromatic carbocycles. The lowest BCUT2D eigenvalue weighted by Gasteiger charge is -2.29.